The lowest BCUT2D eigenvalue weighted by atomic mass is 9.86. The van der Waals surface area contributed by atoms with Gasteiger partial charge in [-0.25, -0.2) is 0 Å². The van der Waals surface area contributed by atoms with Crippen LogP contribution in [0.25, 0.3) is 11.3 Å². The topological polar surface area (TPSA) is 25.8 Å². The number of rotatable bonds is 0. The van der Waals surface area contributed by atoms with Crippen LogP contribution in [0.5, 0.6) is 0 Å². The van der Waals surface area contributed by atoms with Crippen LogP contribution in [0, 0.1) is 0 Å². The van der Waals surface area contributed by atoms with Gasteiger partial charge in [0.05, 0.1) is 11.4 Å². The number of fused-ring (bicyclic) bond motifs is 3. The van der Waals surface area contributed by atoms with Crippen LogP contribution in [0.4, 0.5) is 0 Å². The standard InChI is InChI=1S/C13H12N2/c1-13(2)10-6-4-7-14-11(10)9-5-3-8-15-12(9)13/h3-8H,1-2H3. The van der Waals surface area contributed by atoms with Crippen molar-refractivity contribution in [3.63, 3.8) is 0 Å². The zero-order valence-corrected chi connectivity index (χ0v) is 8.86. The van der Waals surface area contributed by atoms with Gasteiger partial charge in [0.15, 0.2) is 0 Å². The van der Waals surface area contributed by atoms with Gasteiger partial charge in [-0.2, -0.15) is 0 Å². The third-order valence-corrected chi connectivity index (χ3v) is 3.14. The van der Waals surface area contributed by atoms with E-state index in [1.54, 1.807) is 0 Å². The van der Waals surface area contributed by atoms with Crippen molar-refractivity contribution in [2.75, 3.05) is 0 Å². The second-order valence-corrected chi connectivity index (χ2v) is 4.42. The minimum atomic E-state index is -0.0137. The summed E-state index contributed by atoms with van der Waals surface area (Å²) in [4.78, 5) is 8.94. The van der Waals surface area contributed by atoms with Gasteiger partial charge >= 0.3 is 0 Å². The summed E-state index contributed by atoms with van der Waals surface area (Å²) >= 11 is 0. The molecule has 0 aliphatic heterocycles. The Balaban J connectivity index is 2.42. The van der Waals surface area contributed by atoms with E-state index in [2.05, 4.69) is 35.9 Å². The Morgan fingerprint density at radius 2 is 1.73 bits per heavy atom. The first-order valence-electron chi connectivity index (χ1n) is 5.12. The van der Waals surface area contributed by atoms with Crippen molar-refractivity contribution >= 4 is 0 Å². The number of hydrogen-bond acceptors (Lipinski definition) is 2. The van der Waals surface area contributed by atoms with Crippen molar-refractivity contribution in [1.29, 1.82) is 0 Å². The number of aromatic nitrogens is 2. The first-order chi connectivity index (χ1) is 7.21. The highest BCUT2D eigenvalue weighted by molar-refractivity contribution is 5.75. The van der Waals surface area contributed by atoms with E-state index in [0.29, 0.717) is 0 Å². The van der Waals surface area contributed by atoms with Gasteiger partial charge in [-0.15, -0.1) is 0 Å². The summed E-state index contributed by atoms with van der Waals surface area (Å²) in [5.41, 5.74) is 4.67. The van der Waals surface area contributed by atoms with Crippen LogP contribution >= 0.6 is 0 Å². The summed E-state index contributed by atoms with van der Waals surface area (Å²) in [6.45, 7) is 4.40. The van der Waals surface area contributed by atoms with E-state index in [-0.39, 0.29) is 5.41 Å². The Bertz CT molecular complexity index is 482. The molecule has 2 aromatic heterocycles. The van der Waals surface area contributed by atoms with E-state index in [0.717, 1.165) is 11.4 Å². The molecule has 0 amide bonds. The summed E-state index contributed by atoms with van der Waals surface area (Å²) < 4.78 is 0. The largest absolute Gasteiger partial charge is 0.260 e. The molecule has 1 aliphatic rings. The van der Waals surface area contributed by atoms with E-state index < -0.39 is 0 Å². The summed E-state index contributed by atoms with van der Waals surface area (Å²) in [7, 11) is 0. The molecular weight excluding hydrogens is 184 g/mol. The third kappa shape index (κ3) is 0.990. The van der Waals surface area contributed by atoms with Crippen LogP contribution < -0.4 is 0 Å². The van der Waals surface area contributed by atoms with Gasteiger partial charge < -0.3 is 0 Å². The molecule has 0 unspecified atom stereocenters. The maximum atomic E-state index is 4.49. The molecule has 2 aromatic rings. The van der Waals surface area contributed by atoms with Crippen LogP contribution in [0.2, 0.25) is 0 Å². The van der Waals surface area contributed by atoms with E-state index in [1.165, 1.54) is 11.1 Å². The lowest BCUT2D eigenvalue weighted by Gasteiger charge is -2.19. The van der Waals surface area contributed by atoms with Crippen molar-refractivity contribution in [2.24, 2.45) is 0 Å². The highest BCUT2D eigenvalue weighted by Gasteiger charge is 2.37. The molecule has 15 heavy (non-hydrogen) atoms. The molecule has 1 aliphatic carbocycles. The molecular formula is C13H12N2. The van der Waals surface area contributed by atoms with Crippen molar-refractivity contribution in [3.05, 3.63) is 47.9 Å². The predicted molar refractivity (Wildman–Crippen MR) is 59.6 cm³/mol. The van der Waals surface area contributed by atoms with Crippen LogP contribution in [-0.4, -0.2) is 9.97 Å². The molecule has 0 atom stereocenters. The number of pyridine rings is 2. The summed E-state index contributed by atoms with van der Waals surface area (Å²) in [5, 5.41) is 0. The molecule has 2 heterocycles. The SMILES string of the molecule is CC1(C)c2cccnc2-c2cccnc21. The third-order valence-electron chi connectivity index (χ3n) is 3.14. The lowest BCUT2D eigenvalue weighted by molar-refractivity contribution is 0.636. The normalized spacial score (nSPS) is 15.9. The maximum absolute atomic E-state index is 4.49. The zero-order valence-electron chi connectivity index (χ0n) is 8.86. The van der Waals surface area contributed by atoms with E-state index in [4.69, 9.17) is 0 Å². The molecule has 2 nitrogen and oxygen atoms in total. The summed E-state index contributed by atoms with van der Waals surface area (Å²) in [6, 6.07) is 8.21. The summed E-state index contributed by atoms with van der Waals surface area (Å²) in [6.07, 6.45) is 3.70. The number of nitrogens with zero attached hydrogens (tertiary/aromatic N) is 2. The predicted octanol–water partition coefficient (Wildman–Crippen LogP) is 2.78. The van der Waals surface area contributed by atoms with Crippen molar-refractivity contribution in [1.82, 2.24) is 9.97 Å². The maximum Gasteiger partial charge on any atom is 0.0762 e. The quantitative estimate of drug-likeness (QED) is 0.647. The van der Waals surface area contributed by atoms with Crippen LogP contribution in [-0.2, 0) is 5.41 Å². The fourth-order valence-electron chi connectivity index (χ4n) is 2.35. The van der Waals surface area contributed by atoms with E-state index in [9.17, 15) is 0 Å². The number of hydrogen-bond donors (Lipinski definition) is 0. The highest BCUT2D eigenvalue weighted by Crippen LogP contribution is 2.45. The molecule has 0 radical (unpaired) electrons. The molecule has 0 saturated carbocycles. The molecule has 0 N–H and O–H groups in total. The van der Waals surface area contributed by atoms with Gasteiger partial charge in [-0.3, -0.25) is 9.97 Å². The minimum Gasteiger partial charge on any atom is -0.260 e. The van der Waals surface area contributed by atoms with Gasteiger partial charge in [0, 0.05) is 23.4 Å². The van der Waals surface area contributed by atoms with Gasteiger partial charge in [0.1, 0.15) is 0 Å². The van der Waals surface area contributed by atoms with Crippen LogP contribution in [0.1, 0.15) is 25.1 Å². The molecule has 0 aromatic carbocycles. The van der Waals surface area contributed by atoms with E-state index >= 15 is 0 Å². The molecule has 74 valence electrons. The Kier molecular flexibility index (Phi) is 1.52. The zero-order chi connectivity index (χ0) is 10.5. The van der Waals surface area contributed by atoms with E-state index in [1.807, 2.05) is 24.5 Å². The molecule has 3 rings (SSSR count). The van der Waals surface area contributed by atoms with Crippen LogP contribution in [0.3, 0.4) is 0 Å². The van der Waals surface area contributed by atoms with Gasteiger partial charge in [-0.05, 0) is 23.8 Å². The smallest absolute Gasteiger partial charge is 0.0762 e. The fourth-order valence-corrected chi connectivity index (χ4v) is 2.35. The van der Waals surface area contributed by atoms with Gasteiger partial charge in [0.2, 0.25) is 0 Å². The van der Waals surface area contributed by atoms with Crippen molar-refractivity contribution < 1.29 is 0 Å². The molecule has 2 heteroatoms. The van der Waals surface area contributed by atoms with Crippen molar-refractivity contribution in [2.45, 2.75) is 19.3 Å². The average molecular weight is 196 g/mol. The van der Waals surface area contributed by atoms with Crippen LogP contribution in [0.15, 0.2) is 36.7 Å². The molecule has 0 bridgehead atoms. The monoisotopic (exact) mass is 196 g/mol. The minimum absolute atomic E-state index is 0.0137. The lowest BCUT2D eigenvalue weighted by Crippen LogP contribution is -2.16. The molecule has 0 fully saturated rings. The van der Waals surface area contributed by atoms with Gasteiger partial charge in [0.25, 0.3) is 0 Å². The van der Waals surface area contributed by atoms with Gasteiger partial charge in [-0.1, -0.05) is 19.9 Å². The fraction of sp³-hybridized carbons (Fsp3) is 0.231. The first kappa shape index (κ1) is 8.60. The second kappa shape index (κ2) is 2.66. The Hall–Kier alpha value is -1.70. The Labute approximate surface area is 89.0 Å². The Morgan fingerprint density at radius 1 is 1.00 bits per heavy atom. The molecule has 0 spiro atoms. The first-order valence-corrected chi connectivity index (χ1v) is 5.12. The molecule has 0 saturated heterocycles. The summed E-state index contributed by atoms with van der Waals surface area (Å²) in [5.74, 6) is 0. The second-order valence-electron chi connectivity index (χ2n) is 4.42. The Morgan fingerprint density at radius 3 is 2.60 bits per heavy atom. The highest BCUT2D eigenvalue weighted by atomic mass is 14.8. The average Bonchev–Trinajstić information content (AvgIpc) is 2.51. The van der Waals surface area contributed by atoms with Crippen molar-refractivity contribution in [3.8, 4) is 11.3 Å².